The van der Waals surface area contributed by atoms with Crippen molar-refractivity contribution in [3.05, 3.63) is 29.3 Å². The smallest absolute Gasteiger partial charge is 0.0939 e. The van der Waals surface area contributed by atoms with Gasteiger partial charge in [-0.3, -0.25) is 0 Å². The van der Waals surface area contributed by atoms with E-state index in [4.69, 9.17) is 26.8 Å². The molecule has 0 aliphatic carbocycles. The Labute approximate surface area is 135 Å². The van der Waals surface area contributed by atoms with Crippen LogP contribution in [0.25, 0.3) is 0 Å². The molecular weight excluding hydrogens is 306 g/mol. The third kappa shape index (κ3) is 3.74. The second-order valence-electron chi connectivity index (χ2n) is 5.99. The summed E-state index contributed by atoms with van der Waals surface area (Å²) in [5.74, 6) is 1.40. The quantitative estimate of drug-likeness (QED) is 0.861. The average molecular weight is 328 g/mol. The maximum atomic E-state index is 6.44. The van der Waals surface area contributed by atoms with Crippen LogP contribution in [0, 0.1) is 5.92 Å². The molecule has 3 unspecified atom stereocenters. The Hall–Kier alpha value is -0.260. The number of benzene rings is 1. The van der Waals surface area contributed by atoms with E-state index in [1.54, 1.807) is 11.8 Å². The Morgan fingerprint density at radius 2 is 2.24 bits per heavy atom. The van der Waals surface area contributed by atoms with Crippen LogP contribution in [-0.4, -0.2) is 37.2 Å². The second kappa shape index (κ2) is 6.88. The molecule has 3 rings (SSSR count). The highest BCUT2D eigenvalue weighted by Gasteiger charge is 2.42. The zero-order valence-electron chi connectivity index (χ0n) is 12.1. The number of rotatable bonds is 4. The molecule has 21 heavy (non-hydrogen) atoms. The summed E-state index contributed by atoms with van der Waals surface area (Å²) in [6, 6.07) is 8.12. The molecule has 2 fully saturated rings. The summed E-state index contributed by atoms with van der Waals surface area (Å²) in [7, 11) is 0. The maximum absolute atomic E-state index is 6.44. The van der Waals surface area contributed by atoms with E-state index < -0.39 is 0 Å². The van der Waals surface area contributed by atoms with Gasteiger partial charge in [-0.15, -0.1) is 11.8 Å². The number of hydrogen-bond acceptors (Lipinski definition) is 4. The summed E-state index contributed by atoms with van der Waals surface area (Å²) in [6.07, 6.45) is 3.08. The van der Waals surface area contributed by atoms with E-state index in [0.717, 1.165) is 54.8 Å². The molecule has 0 aromatic heterocycles. The van der Waals surface area contributed by atoms with Gasteiger partial charge in [0.2, 0.25) is 0 Å². The monoisotopic (exact) mass is 327 g/mol. The fourth-order valence-electron chi connectivity index (χ4n) is 3.18. The van der Waals surface area contributed by atoms with Crippen molar-refractivity contribution in [1.29, 1.82) is 0 Å². The van der Waals surface area contributed by atoms with E-state index in [-0.39, 0.29) is 11.6 Å². The minimum absolute atomic E-state index is 0.0599. The fourth-order valence-corrected chi connectivity index (χ4v) is 4.50. The van der Waals surface area contributed by atoms with Crippen molar-refractivity contribution in [3.8, 4) is 0 Å². The van der Waals surface area contributed by atoms with Gasteiger partial charge in [-0.05, 0) is 30.9 Å². The Bertz CT molecular complexity index is 479. The van der Waals surface area contributed by atoms with Gasteiger partial charge < -0.3 is 15.2 Å². The Kier molecular flexibility index (Phi) is 5.12. The van der Waals surface area contributed by atoms with Crippen molar-refractivity contribution in [3.63, 3.8) is 0 Å². The zero-order chi connectivity index (χ0) is 14.7. The van der Waals surface area contributed by atoms with Crippen molar-refractivity contribution >= 4 is 23.4 Å². The minimum Gasteiger partial charge on any atom is -0.378 e. The molecule has 3 nitrogen and oxygen atoms in total. The van der Waals surface area contributed by atoms with Crippen LogP contribution in [0.1, 0.15) is 19.3 Å². The molecule has 2 aliphatic heterocycles. The molecule has 0 amide bonds. The molecule has 116 valence electrons. The summed E-state index contributed by atoms with van der Waals surface area (Å²) in [5, 5.41) is 0.808. The lowest BCUT2D eigenvalue weighted by Crippen LogP contribution is -2.46. The highest BCUT2D eigenvalue weighted by Crippen LogP contribution is 2.38. The first-order chi connectivity index (χ1) is 10.2. The first-order valence-electron chi connectivity index (χ1n) is 7.53. The van der Waals surface area contributed by atoms with Gasteiger partial charge in [-0.2, -0.15) is 0 Å². The fraction of sp³-hybridized carbons (Fsp3) is 0.625. The molecule has 0 saturated carbocycles. The molecule has 5 heteroatoms. The summed E-state index contributed by atoms with van der Waals surface area (Å²) in [6.45, 7) is 2.35. The highest BCUT2D eigenvalue weighted by atomic mass is 35.5. The lowest BCUT2D eigenvalue weighted by molar-refractivity contribution is -0.100. The average Bonchev–Trinajstić information content (AvgIpc) is 2.94. The molecule has 3 atom stereocenters. The van der Waals surface area contributed by atoms with Crippen molar-refractivity contribution in [2.24, 2.45) is 11.7 Å². The summed E-state index contributed by atoms with van der Waals surface area (Å²) >= 11 is 7.94. The van der Waals surface area contributed by atoms with E-state index in [1.807, 2.05) is 18.2 Å². The number of thioether (sulfide) groups is 1. The van der Waals surface area contributed by atoms with E-state index in [0.29, 0.717) is 5.92 Å². The predicted molar refractivity (Wildman–Crippen MR) is 87.0 cm³/mol. The van der Waals surface area contributed by atoms with E-state index in [1.165, 1.54) is 0 Å². The lowest BCUT2D eigenvalue weighted by atomic mass is 9.82. The van der Waals surface area contributed by atoms with Crippen LogP contribution < -0.4 is 5.73 Å². The molecule has 2 aliphatic rings. The van der Waals surface area contributed by atoms with Crippen LogP contribution in [-0.2, 0) is 9.47 Å². The van der Waals surface area contributed by atoms with E-state index in [2.05, 4.69) is 6.07 Å². The molecule has 1 aromatic rings. The summed E-state index contributed by atoms with van der Waals surface area (Å²) in [4.78, 5) is 1.11. The number of halogens is 1. The van der Waals surface area contributed by atoms with Crippen LogP contribution >= 0.6 is 23.4 Å². The van der Waals surface area contributed by atoms with Gasteiger partial charge >= 0.3 is 0 Å². The number of nitrogens with two attached hydrogens (primary N) is 1. The molecule has 2 heterocycles. The first kappa shape index (κ1) is 15.6. The molecule has 2 saturated heterocycles. The molecule has 0 radical (unpaired) electrons. The maximum Gasteiger partial charge on any atom is 0.0939 e. The van der Waals surface area contributed by atoms with Crippen molar-refractivity contribution in [1.82, 2.24) is 0 Å². The van der Waals surface area contributed by atoms with Crippen LogP contribution in [0.4, 0.5) is 0 Å². The van der Waals surface area contributed by atoms with E-state index in [9.17, 15) is 0 Å². The second-order valence-corrected chi connectivity index (χ2v) is 7.46. The van der Waals surface area contributed by atoms with E-state index >= 15 is 0 Å². The van der Waals surface area contributed by atoms with Crippen molar-refractivity contribution in [2.75, 3.05) is 25.6 Å². The van der Waals surface area contributed by atoms with Gasteiger partial charge in [0.15, 0.2) is 0 Å². The summed E-state index contributed by atoms with van der Waals surface area (Å²) in [5.41, 5.74) is 6.38. The van der Waals surface area contributed by atoms with Gasteiger partial charge in [-0.1, -0.05) is 23.7 Å². The minimum atomic E-state index is -0.0599. The molecule has 1 aromatic carbocycles. The lowest BCUT2D eigenvalue weighted by Gasteiger charge is -2.39. The van der Waals surface area contributed by atoms with Crippen LogP contribution in [0.5, 0.6) is 0 Å². The van der Waals surface area contributed by atoms with Gasteiger partial charge in [-0.25, -0.2) is 0 Å². The highest BCUT2D eigenvalue weighted by molar-refractivity contribution is 7.99. The SMILES string of the molecule is NC(CSc1ccccc1Cl)C1CCOC2(CCOC2)C1. The van der Waals surface area contributed by atoms with Gasteiger partial charge in [0.25, 0.3) is 0 Å². The number of ether oxygens (including phenoxy) is 2. The third-order valence-corrected chi connectivity index (χ3v) is 6.13. The largest absolute Gasteiger partial charge is 0.378 e. The summed E-state index contributed by atoms with van der Waals surface area (Å²) < 4.78 is 11.5. The Balaban J connectivity index is 1.55. The Morgan fingerprint density at radius 1 is 1.38 bits per heavy atom. The predicted octanol–water partition coefficient (Wildman–Crippen LogP) is 3.35. The molecule has 0 bridgehead atoms. The molecule has 1 spiro atoms. The van der Waals surface area contributed by atoms with Gasteiger partial charge in [0.1, 0.15) is 0 Å². The number of hydrogen-bond donors (Lipinski definition) is 1. The van der Waals surface area contributed by atoms with Gasteiger partial charge in [0, 0.05) is 36.3 Å². The van der Waals surface area contributed by atoms with Crippen LogP contribution in [0.2, 0.25) is 5.02 Å². The molecule has 2 N–H and O–H groups in total. The normalized spacial score (nSPS) is 30.7. The topological polar surface area (TPSA) is 44.5 Å². The Morgan fingerprint density at radius 3 is 3.00 bits per heavy atom. The zero-order valence-corrected chi connectivity index (χ0v) is 13.7. The van der Waals surface area contributed by atoms with Gasteiger partial charge in [0.05, 0.1) is 17.2 Å². The third-order valence-electron chi connectivity index (χ3n) is 4.47. The van der Waals surface area contributed by atoms with Crippen molar-refractivity contribution < 1.29 is 9.47 Å². The van der Waals surface area contributed by atoms with Crippen LogP contribution in [0.15, 0.2) is 29.2 Å². The van der Waals surface area contributed by atoms with Crippen molar-refractivity contribution in [2.45, 2.75) is 35.8 Å². The van der Waals surface area contributed by atoms with Crippen LogP contribution in [0.3, 0.4) is 0 Å². The molecular formula is C16H22ClNO2S. The first-order valence-corrected chi connectivity index (χ1v) is 8.89. The standard InChI is InChI=1S/C16H22ClNO2S/c17-13-3-1-2-4-15(13)21-10-14(18)12-5-7-20-16(9-12)6-8-19-11-16/h1-4,12,14H,5-11,18H2.